The van der Waals surface area contributed by atoms with Crippen molar-refractivity contribution in [2.24, 2.45) is 22.9 Å². The summed E-state index contributed by atoms with van der Waals surface area (Å²) in [5.74, 6) is 0.786. The summed E-state index contributed by atoms with van der Waals surface area (Å²) in [6.45, 7) is 9.85. The summed E-state index contributed by atoms with van der Waals surface area (Å²) >= 11 is 1.69. The summed E-state index contributed by atoms with van der Waals surface area (Å²) < 4.78 is 21.3. The molecule has 2 N–H and O–H groups in total. The number of amides is 1. The molecule has 2 aliphatic carbocycles. The van der Waals surface area contributed by atoms with Gasteiger partial charge in [0.1, 0.15) is 29.9 Å². The molecule has 3 aliphatic rings. The van der Waals surface area contributed by atoms with Crippen LogP contribution in [0.1, 0.15) is 146 Å². The Labute approximate surface area is 400 Å². The van der Waals surface area contributed by atoms with Crippen molar-refractivity contribution in [1.29, 1.82) is 0 Å². The Morgan fingerprint density at radius 3 is 2.24 bits per heavy atom. The molecule has 66 heavy (non-hydrogen) atoms. The fourth-order valence-electron chi connectivity index (χ4n) is 10.7. The van der Waals surface area contributed by atoms with Gasteiger partial charge in [-0.2, -0.15) is 0 Å². The third kappa shape index (κ3) is 13.3. The Bertz CT molecular complexity index is 1990. The van der Waals surface area contributed by atoms with E-state index in [0.29, 0.717) is 44.6 Å². The Hall–Kier alpha value is -4.09. The number of nitrogens with zero attached hydrogens (tertiary/aromatic N) is 2. The Balaban J connectivity index is 1.47. The van der Waals surface area contributed by atoms with Gasteiger partial charge in [0.15, 0.2) is 0 Å². The first-order valence-electron chi connectivity index (χ1n) is 25.3. The number of aliphatic hydroxyl groups excluding tert-OH is 2. The topological polar surface area (TPSA) is 110 Å². The number of hydrogen-bond donors (Lipinski definition) is 2. The van der Waals surface area contributed by atoms with Crippen molar-refractivity contribution in [3.05, 3.63) is 108 Å². The Kier molecular flexibility index (Phi) is 21.0. The SMILES string of the molecule is C=CCOC12Oc3ccc(Oc4ccc(SC)cc4)cc3C3C(CCCCO)C(CCCCO)C=C(C(=NOCc4ccccc4)CC1N(CCC)C(=O)CCCCCCCCCCC)C32. The largest absolute Gasteiger partial charge is 0.459 e. The van der Waals surface area contributed by atoms with Crippen LogP contribution < -0.4 is 9.47 Å². The molecular weight excluding hydrogens is 845 g/mol. The molecule has 0 bridgehead atoms. The molecule has 360 valence electrons. The van der Waals surface area contributed by atoms with Crippen molar-refractivity contribution in [2.75, 3.05) is 32.6 Å². The first-order valence-corrected chi connectivity index (χ1v) is 26.5. The van der Waals surface area contributed by atoms with Gasteiger partial charge in [-0.3, -0.25) is 4.79 Å². The predicted octanol–water partition coefficient (Wildman–Crippen LogP) is 13.2. The van der Waals surface area contributed by atoms with E-state index in [1.807, 2.05) is 54.6 Å². The Morgan fingerprint density at radius 2 is 1.56 bits per heavy atom. The van der Waals surface area contributed by atoms with Crippen LogP contribution in [0, 0.1) is 17.8 Å². The van der Waals surface area contributed by atoms with Gasteiger partial charge >= 0.3 is 0 Å². The number of allylic oxidation sites excluding steroid dienone is 1. The number of rotatable bonds is 30. The molecule has 1 saturated carbocycles. The smallest absolute Gasteiger partial charge is 0.239 e. The first-order chi connectivity index (χ1) is 32.4. The lowest BCUT2D eigenvalue weighted by atomic mass is 9.55. The number of ether oxygens (including phenoxy) is 3. The Morgan fingerprint density at radius 1 is 0.864 bits per heavy atom. The van der Waals surface area contributed by atoms with E-state index in [0.717, 1.165) is 90.2 Å². The predicted molar refractivity (Wildman–Crippen MR) is 268 cm³/mol. The first kappa shape index (κ1) is 51.3. The normalized spacial score (nSPS) is 22.5. The van der Waals surface area contributed by atoms with Gasteiger partial charge in [-0.1, -0.05) is 126 Å². The van der Waals surface area contributed by atoms with E-state index in [-0.39, 0.29) is 49.4 Å². The van der Waals surface area contributed by atoms with Gasteiger partial charge in [0, 0.05) is 49.0 Å². The molecule has 6 unspecified atom stereocenters. The van der Waals surface area contributed by atoms with Crippen LogP contribution in [0.15, 0.2) is 107 Å². The van der Waals surface area contributed by atoms with Gasteiger partial charge in [-0.25, -0.2) is 0 Å². The van der Waals surface area contributed by atoms with Crippen molar-refractivity contribution in [3.63, 3.8) is 0 Å². The molecule has 1 fully saturated rings. The highest BCUT2D eigenvalue weighted by Crippen LogP contribution is 2.62. The molecule has 10 heteroatoms. The average Bonchev–Trinajstić information content (AvgIpc) is 3.34. The number of carbonyl (C=O) groups excluding carboxylic acids is 1. The van der Waals surface area contributed by atoms with Gasteiger partial charge < -0.3 is 34.2 Å². The van der Waals surface area contributed by atoms with Crippen LogP contribution in [0.25, 0.3) is 0 Å². The van der Waals surface area contributed by atoms with Crippen LogP contribution in [-0.4, -0.2) is 71.2 Å². The molecule has 0 spiro atoms. The van der Waals surface area contributed by atoms with Crippen LogP contribution in [0.3, 0.4) is 0 Å². The van der Waals surface area contributed by atoms with Crippen LogP contribution in [0.5, 0.6) is 17.2 Å². The fraction of sp³-hybridized carbons (Fsp3) is 0.571. The molecular formula is C56H78N2O7S. The zero-order valence-electron chi connectivity index (χ0n) is 40.2. The van der Waals surface area contributed by atoms with Gasteiger partial charge in [-0.15, -0.1) is 18.3 Å². The molecule has 9 nitrogen and oxygen atoms in total. The lowest BCUT2D eigenvalue weighted by molar-refractivity contribution is -0.257. The highest BCUT2D eigenvalue weighted by Gasteiger charge is 2.65. The number of hydrogen-bond acceptors (Lipinski definition) is 9. The number of thioether (sulfide) groups is 1. The summed E-state index contributed by atoms with van der Waals surface area (Å²) in [5.41, 5.74) is 3.91. The number of oxime groups is 1. The maximum absolute atomic E-state index is 14.9. The van der Waals surface area contributed by atoms with Crippen molar-refractivity contribution in [2.45, 2.75) is 159 Å². The van der Waals surface area contributed by atoms with Crippen molar-refractivity contribution < 1.29 is 34.1 Å². The maximum atomic E-state index is 14.9. The van der Waals surface area contributed by atoms with E-state index in [1.54, 1.807) is 17.8 Å². The number of fused-ring (bicyclic) bond motifs is 2. The molecule has 6 atom stereocenters. The quantitative estimate of drug-likeness (QED) is 0.0294. The molecule has 3 aromatic carbocycles. The van der Waals surface area contributed by atoms with Crippen molar-refractivity contribution in [1.82, 2.24) is 4.90 Å². The second kappa shape index (κ2) is 27.0. The van der Waals surface area contributed by atoms with E-state index in [2.05, 4.69) is 55.9 Å². The summed E-state index contributed by atoms with van der Waals surface area (Å²) in [6.07, 6.45) is 23.4. The average molecular weight is 923 g/mol. The molecule has 0 saturated heterocycles. The number of unbranched alkanes of at least 4 members (excludes halogenated alkanes) is 10. The fourth-order valence-corrected chi connectivity index (χ4v) is 11.1. The molecule has 1 aliphatic heterocycles. The van der Waals surface area contributed by atoms with Gasteiger partial charge in [0.25, 0.3) is 0 Å². The summed E-state index contributed by atoms with van der Waals surface area (Å²) in [4.78, 5) is 24.4. The minimum atomic E-state index is -1.28. The third-order valence-corrected chi connectivity index (χ3v) is 14.6. The number of carbonyl (C=O) groups is 1. The van der Waals surface area contributed by atoms with Crippen LogP contribution in [0.2, 0.25) is 0 Å². The number of aliphatic hydroxyl groups is 2. The zero-order chi connectivity index (χ0) is 46.6. The minimum absolute atomic E-state index is 0.114. The van der Waals surface area contributed by atoms with Gasteiger partial charge in [-0.05, 0) is 110 Å². The second-order valence-corrected chi connectivity index (χ2v) is 19.4. The molecule has 0 aromatic heterocycles. The van der Waals surface area contributed by atoms with E-state index in [4.69, 9.17) is 24.2 Å². The van der Waals surface area contributed by atoms with Crippen molar-refractivity contribution in [3.8, 4) is 17.2 Å². The molecule has 1 amide bonds. The monoisotopic (exact) mass is 923 g/mol. The molecule has 6 rings (SSSR count). The van der Waals surface area contributed by atoms with Gasteiger partial charge in [0.05, 0.1) is 18.2 Å². The third-order valence-electron chi connectivity index (χ3n) is 13.8. The standard InChI is InChI=1S/C56H78N2O7S/c1-5-8-9-10-11-12-13-14-18-27-53(61)58(34-6-2)52-40-50(57-63-41-42-23-16-15-17-24-42)48-38-43(25-19-21-35-59)47(26-20-22-36-60)54-49-39-45(64-44-28-31-46(66-4)32-29-44)30-33-51(49)65-56(52,55(48)54)62-37-7-3/h7,15-17,23-24,28-33,38-39,43,47,52,54-55,59-60H,3,5-6,8-14,18-22,25-27,34-37,40-41H2,1-2,4H3. The zero-order valence-corrected chi connectivity index (χ0v) is 41.0. The van der Waals surface area contributed by atoms with Crippen LogP contribution in [-0.2, 0) is 21.0 Å². The number of benzene rings is 3. The van der Waals surface area contributed by atoms with E-state index in [1.165, 1.54) is 38.5 Å². The lowest BCUT2D eigenvalue weighted by Gasteiger charge is -2.60. The van der Waals surface area contributed by atoms with Crippen LogP contribution in [0.4, 0.5) is 0 Å². The molecule has 1 heterocycles. The second-order valence-electron chi connectivity index (χ2n) is 18.5. The summed E-state index contributed by atoms with van der Waals surface area (Å²) in [5, 5.41) is 25.1. The van der Waals surface area contributed by atoms with Crippen LogP contribution >= 0.6 is 11.8 Å². The highest BCUT2D eigenvalue weighted by molar-refractivity contribution is 7.98. The van der Waals surface area contributed by atoms with E-state index in [9.17, 15) is 15.0 Å². The molecule has 0 radical (unpaired) electrons. The van der Waals surface area contributed by atoms with E-state index >= 15 is 0 Å². The summed E-state index contributed by atoms with van der Waals surface area (Å²) in [7, 11) is 0. The lowest BCUT2D eigenvalue weighted by Crippen LogP contribution is -2.70. The maximum Gasteiger partial charge on any atom is 0.239 e. The van der Waals surface area contributed by atoms with E-state index < -0.39 is 11.8 Å². The van der Waals surface area contributed by atoms with Gasteiger partial charge in [0.2, 0.25) is 11.7 Å². The van der Waals surface area contributed by atoms with Crippen molar-refractivity contribution >= 4 is 23.4 Å². The summed E-state index contributed by atoms with van der Waals surface area (Å²) in [6, 6.07) is 23.9. The highest BCUT2D eigenvalue weighted by atomic mass is 32.2. The minimum Gasteiger partial charge on any atom is -0.459 e. The molecule has 3 aromatic rings.